The molecular weight excluding hydrogens is 380 g/mol. The number of anilines is 1. The maximum absolute atomic E-state index is 12.8. The summed E-state index contributed by atoms with van der Waals surface area (Å²) >= 11 is 0. The maximum atomic E-state index is 12.8. The molecule has 0 atom stereocenters. The van der Waals surface area contributed by atoms with Crippen LogP contribution in [0.3, 0.4) is 0 Å². The number of aryl methyl sites for hydroxylation is 1. The van der Waals surface area contributed by atoms with E-state index in [4.69, 9.17) is 9.26 Å². The highest BCUT2D eigenvalue weighted by Gasteiger charge is 2.22. The maximum Gasteiger partial charge on any atom is 0.266 e. The Morgan fingerprint density at radius 3 is 2.79 bits per heavy atom. The Kier molecular flexibility index (Phi) is 4.52. The minimum absolute atomic E-state index is 0.0284. The van der Waals surface area contributed by atoms with Gasteiger partial charge in [-0.05, 0) is 48.4 Å². The molecule has 0 bridgehead atoms. The molecule has 4 aromatic rings. The number of nitrogens with zero attached hydrogens (tertiary/aromatic N) is 3. The topological polar surface area (TPSA) is 99.3 Å². The molecule has 0 spiro atoms. The van der Waals surface area contributed by atoms with Crippen LogP contribution in [0.5, 0.6) is 5.75 Å². The lowest BCUT2D eigenvalue weighted by Crippen LogP contribution is -2.14. The number of methoxy groups -OCH3 is 1. The molecule has 0 aliphatic heterocycles. The van der Waals surface area contributed by atoms with Crippen molar-refractivity contribution in [1.29, 1.82) is 0 Å². The lowest BCUT2D eigenvalue weighted by Gasteiger charge is -2.10. The molecule has 0 unspecified atom stereocenters. The average Bonchev–Trinajstić information content (AvgIpc) is 3.32. The second kappa shape index (κ2) is 7.01. The summed E-state index contributed by atoms with van der Waals surface area (Å²) in [7, 11) is -2.47. The van der Waals surface area contributed by atoms with Crippen molar-refractivity contribution in [2.75, 3.05) is 11.8 Å². The first-order chi connectivity index (χ1) is 13.5. The quantitative estimate of drug-likeness (QED) is 0.535. The summed E-state index contributed by atoms with van der Waals surface area (Å²) in [4.78, 5) is 0.0284. The number of benzene rings is 2. The highest BCUT2D eigenvalue weighted by Crippen LogP contribution is 2.30. The second-order valence-electron chi connectivity index (χ2n) is 6.27. The van der Waals surface area contributed by atoms with Crippen molar-refractivity contribution >= 4 is 26.8 Å². The van der Waals surface area contributed by atoms with Crippen LogP contribution in [0.4, 0.5) is 5.82 Å². The Morgan fingerprint density at radius 1 is 1.21 bits per heavy atom. The molecule has 28 heavy (non-hydrogen) atoms. The Hall–Kier alpha value is -3.33. The van der Waals surface area contributed by atoms with Crippen LogP contribution in [0.25, 0.3) is 11.0 Å². The van der Waals surface area contributed by atoms with Gasteiger partial charge in [-0.25, -0.2) is 8.42 Å². The van der Waals surface area contributed by atoms with Gasteiger partial charge in [0.2, 0.25) is 0 Å². The summed E-state index contributed by atoms with van der Waals surface area (Å²) in [6, 6.07) is 11.9. The monoisotopic (exact) mass is 398 g/mol. The van der Waals surface area contributed by atoms with Crippen LogP contribution in [-0.2, 0) is 16.6 Å². The van der Waals surface area contributed by atoms with E-state index in [9.17, 15) is 8.42 Å². The molecule has 0 radical (unpaired) electrons. The van der Waals surface area contributed by atoms with E-state index in [1.807, 2.05) is 31.3 Å². The molecule has 1 N–H and O–H groups in total. The van der Waals surface area contributed by atoms with Crippen molar-refractivity contribution in [2.45, 2.75) is 18.4 Å². The predicted molar refractivity (Wildman–Crippen MR) is 104 cm³/mol. The van der Waals surface area contributed by atoms with Crippen LogP contribution in [-0.4, -0.2) is 30.5 Å². The average molecular weight is 398 g/mol. The highest BCUT2D eigenvalue weighted by molar-refractivity contribution is 7.92. The molecular formula is C19H18N4O4S. The van der Waals surface area contributed by atoms with Crippen LogP contribution in [0.1, 0.15) is 11.1 Å². The van der Waals surface area contributed by atoms with E-state index in [0.29, 0.717) is 17.5 Å². The third kappa shape index (κ3) is 3.31. The van der Waals surface area contributed by atoms with Gasteiger partial charge in [0.25, 0.3) is 10.0 Å². The van der Waals surface area contributed by atoms with Crippen molar-refractivity contribution in [1.82, 2.24) is 14.9 Å². The summed E-state index contributed by atoms with van der Waals surface area (Å²) in [5, 5.41) is 8.70. The zero-order valence-corrected chi connectivity index (χ0v) is 16.1. The molecule has 144 valence electrons. The van der Waals surface area contributed by atoms with Gasteiger partial charge in [-0.2, -0.15) is 5.10 Å². The first-order valence-electron chi connectivity index (χ1n) is 8.50. The molecule has 0 amide bonds. The molecule has 0 saturated heterocycles. The Bertz CT molecular complexity index is 1230. The fourth-order valence-corrected chi connectivity index (χ4v) is 4.16. The van der Waals surface area contributed by atoms with Crippen molar-refractivity contribution < 1.29 is 17.7 Å². The molecule has 2 aromatic heterocycles. The van der Waals surface area contributed by atoms with E-state index in [1.165, 1.54) is 13.2 Å². The molecule has 0 aliphatic carbocycles. The second-order valence-corrected chi connectivity index (χ2v) is 7.92. The van der Waals surface area contributed by atoms with Gasteiger partial charge < -0.3 is 9.26 Å². The number of fused-ring (bicyclic) bond motifs is 1. The van der Waals surface area contributed by atoms with Crippen molar-refractivity contribution in [3.8, 4) is 5.75 Å². The fraction of sp³-hybridized carbons (Fsp3) is 0.158. The molecule has 9 heteroatoms. The van der Waals surface area contributed by atoms with Crippen LogP contribution in [0, 0.1) is 6.92 Å². The van der Waals surface area contributed by atoms with Gasteiger partial charge in [-0.15, -0.1) is 0 Å². The summed E-state index contributed by atoms with van der Waals surface area (Å²) < 4.78 is 40.4. The van der Waals surface area contributed by atoms with E-state index in [2.05, 4.69) is 15.0 Å². The first-order valence-corrected chi connectivity index (χ1v) is 9.98. The molecule has 2 heterocycles. The zero-order valence-electron chi connectivity index (χ0n) is 15.3. The van der Waals surface area contributed by atoms with Gasteiger partial charge in [0.05, 0.1) is 19.0 Å². The van der Waals surface area contributed by atoms with Crippen molar-refractivity contribution in [3.05, 3.63) is 66.0 Å². The smallest absolute Gasteiger partial charge is 0.266 e. The van der Waals surface area contributed by atoms with Crippen molar-refractivity contribution in [3.63, 3.8) is 0 Å². The lowest BCUT2D eigenvalue weighted by molar-refractivity contribution is 0.403. The predicted octanol–water partition coefficient (Wildman–Crippen LogP) is 3.19. The zero-order chi connectivity index (χ0) is 19.7. The van der Waals surface area contributed by atoms with Crippen LogP contribution < -0.4 is 9.46 Å². The van der Waals surface area contributed by atoms with E-state index >= 15 is 0 Å². The summed E-state index contributed by atoms with van der Waals surface area (Å²) in [6.45, 7) is 2.53. The summed E-state index contributed by atoms with van der Waals surface area (Å²) in [6.07, 6.45) is 3.59. The van der Waals surface area contributed by atoms with Crippen LogP contribution in [0.2, 0.25) is 0 Å². The molecule has 2 aromatic carbocycles. The number of nitrogens with one attached hydrogen (secondary N) is 1. The van der Waals surface area contributed by atoms with E-state index in [1.54, 1.807) is 29.1 Å². The Morgan fingerprint density at radius 2 is 2.04 bits per heavy atom. The van der Waals surface area contributed by atoms with Gasteiger partial charge in [0, 0.05) is 12.4 Å². The normalized spacial score (nSPS) is 11.6. The standard InChI is InChI=1S/C19H18N4O4S/c1-13-10-15-17(11-14(13)12-23-9-5-8-20-23)27-21-19(15)22-28(24,25)18-7-4-3-6-16(18)26-2/h3-11H,12H2,1-2H3,(H,21,22). The fourth-order valence-electron chi connectivity index (χ4n) is 2.97. The largest absolute Gasteiger partial charge is 0.495 e. The number of hydrogen-bond acceptors (Lipinski definition) is 6. The number of ether oxygens (including phenoxy) is 1. The number of aromatic nitrogens is 3. The summed E-state index contributed by atoms with van der Waals surface area (Å²) in [5.74, 6) is 0.384. The van der Waals surface area contributed by atoms with Gasteiger partial charge >= 0.3 is 0 Å². The van der Waals surface area contributed by atoms with Gasteiger partial charge in [0.15, 0.2) is 11.4 Å². The number of rotatable bonds is 6. The van der Waals surface area contributed by atoms with Crippen molar-refractivity contribution in [2.24, 2.45) is 0 Å². The minimum Gasteiger partial charge on any atom is -0.495 e. The summed E-state index contributed by atoms with van der Waals surface area (Å²) in [5.41, 5.74) is 2.47. The SMILES string of the molecule is COc1ccccc1S(=O)(=O)Nc1noc2cc(Cn3cccn3)c(C)cc12. The van der Waals surface area contributed by atoms with Gasteiger partial charge in [-0.1, -0.05) is 17.3 Å². The van der Waals surface area contributed by atoms with E-state index in [0.717, 1.165) is 11.1 Å². The highest BCUT2D eigenvalue weighted by atomic mass is 32.2. The number of para-hydroxylation sites is 1. The van der Waals surface area contributed by atoms with Crippen LogP contribution >= 0.6 is 0 Å². The van der Waals surface area contributed by atoms with E-state index in [-0.39, 0.29) is 16.5 Å². The minimum atomic E-state index is -3.89. The van der Waals surface area contributed by atoms with E-state index < -0.39 is 10.0 Å². The van der Waals surface area contributed by atoms with Gasteiger partial charge in [0.1, 0.15) is 10.6 Å². The molecule has 8 nitrogen and oxygen atoms in total. The molecule has 4 rings (SSSR count). The number of sulfonamides is 1. The molecule has 0 aliphatic rings. The molecule has 0 saturated carbocycles. The lowest BCUT2D eigenvalue weighted by atomic mass is 10.1. The van der Waals surface area contributed by atoms with Crippen LogP contribution in [0.15, 0.2) is 64.3 Å². The Balaban J connectivity index is 1.69. The first kappa shape index (κ1) is 18.1. The van der Waals surface area contributed by atoms with Gasteiger partial charge in [-0.3, -0.25) is 9.40 Å². The third-order valence-corrected chi connectivity index (χ3v) is 5.79. The Labute approximate surface area is 161 Å². The molecule has 0 fully saturated rings. The number of hydrogen-bond donors (Lipinski definition) is 1. The third-order valence-electron chi connectivity index (χ3n) is 4.41.